The number of ether oxygens (including phenoxy) is 1. The molecule has 2 N–H and O–H groups in total. The van der Waals surface area contributed by atoms with Crippen LogP contribution in [0.3, 0.4) is 0 Å². The molecule has 0 bridgehead atoms. The van der Waals surface area contributed by atoms with Gasteiger partial charge in [0.1, 0.15) is 5.75 Å². The normalized spacial score (nSPS) is 17.1. The molecule has 0 spiro atoms. The number of aliphatic carboxylic acids is 1. The molecule has 0 heterocycles. The van der Waals surface area contributed by atoms with Crippen molar-refractivity contribution in [1.82, 2.24) is 0 Å². The Morgan fingerprint density at radius 1 is 1.21 bits per heavy atom. The van der Waals surface area contributed by atoms with Gasteiger partial charge in [-0.05, 0) is 30.5 Å². The van der Waals surface area contributed by atoms with Gasteiger partial charge in [-0.25, -0.2) is 4.79 Å². The van der Waals surface area contributed by atoms with E-state index in [4.69, 9.17) is 4.74 Å². The van der Waals surface area contributed by atoms with Crippen LogP contribution in [0, 0.1) is 0 Å². The van der Waals surface area contributed by atoms with E-state index in [2.05, 4.69) is 0 Å². The van der Waals surface area contributed by atoms with E-state index in [1.807, 2.05) is 0 Å². The first-order chi connectivity index (χ1) is 9.01. The predicted molar refractivity (Wildman–Crippen MR) is 67.7 cm³/mol. The maximum atomic E-state index is 11.6. The van der Waals surface area contributed by atoms with E-state index in [0.717, 1.165) is 12.8 Å². The Balaban J connectivity index is 2.60. The highest BCUT2D eigenvalue weighted by Gasteiger charge is 2.45. The number of aromatic carboxylic acids is 1. The van der Waals surface area contributed by atoms with Gasteiger partial charge in [0.05, 0.1) is 18.1 Å². The fraction of sp³-hybridized carbons (Fsp3) is 0.429. The molecule has 1 aromatic rings. The first-order valence-corrected chi connectivity index (χ1v) is 6.16. The minimum Gasteiger partial charge on any atom is -0.497 e. The topological polar surface area (TPSA) is 83.8 Å². The molecule has 0 aliphatic heterocycles. The molecular formula is C14H16O5. The van der Waals surface area contributed by atoms with Gasteiger partial charge >= 0.3 is 11.9 Å². The number of hydrogen-bond acceptors (Lipinski definition) is 3. The van der Waals surface area contributed by atoms with Crippen LogP contribution in [0.4, 0.5) is 0 Å². The number of hydrogen-bond donors (Lipinski definition) is 2. The van der Waals surface area contributed by atoms with Gasteiger partial charge in [-0.1, -0.05) is 18.9 Å². The fourth-order valence-corrected chi connectivity index (χ4v) is 2.82. The molecule has 1 aliphatic rings. The van der Waals surface area contributed by atoms with Crippen LogP contribution >= 0.6 is 0 Å². The number of carboxylic acid groups (broad SMARTS) is 2. The second-order valence-corrected chi connectivity index (χ2v) is 4.81. The maximum absolute atomic E-state index is 11.6. The average Bonchev–Trinajstić information content (AvgIpc) is 2.88. The van der Waals surface area contributed by atoms with Crippen LogP contribution in [-0.4, -0.2) is 29.3 Å². The quantitative estimate of drug-likeness (QED) is 0.871. The zero-order chi connectivity index (χ0) is 14.0. The standard InChI is InChI=1S/C14H16O5/c1-19-9-4-5-11(10(8-9)12(15)16)14(13(17)18)6-2-3-7-14/h4-5,8H,2-3,6-7H2,1H3,(H,15,16)(H,17,18). The van der Waals surface area contributed by atoms with Gasteiger partial charge in [0.15, 0.2) is 0 Å². The second kappa shape index (κ2) is 4.91. The third-order valence-electron chi connectivity index (χ3n) is 3.84. The van der Waals surface area contributed by atoms with Gasteiger partial charge in [-0.15, -0.1) is 0 Å². The number of rotatable bonds is 4. The van der Waals surface area contributed by atoms with Crippen LogP contribution in [-0.2, 0) is 10.2 Å². The molecule has 2 rings (SSSR count). The Kier molecular flexibility index (Phi) is 3.46. The molecule has 5 nitrogen and oxygen atoms in total. The lowest BCUT2D eigenvalue weighted by molar-refractivity contribution is -0.143. The first kappa shape index (κ1) is 13.4. The minimum absolute atomic E-state index is 0.0173. The predicted octanol–water partition coefficient (Wildman–Crippen LogP) is 2.29. The molecule has 1 fully saturated rings. The molecule has 1 saturated carbocycles. The van der Waals surface area contributed by atoms with Crippen molar-refractivity contribution in [3.63, 3.8) is 0 Å². The molecule has 0 radical (unpaired) electrons. The summed E-state index contributed by atoms with van der Waals surface area (Å²) in [6, 6.07) is 4.58. The summed E-state index contributed by atoms with van der Waals surface area (Å²) >= 11 is 0. The van der Waals surface area contributed by atoms with E-state index in [9.17, 15) is 19.8 Å². The molecule has 0 amide bonds. The lowest BCUT2D eigenvalue weighted by Gasteiger charge is -2.26. The van der Waals surface area contributed by atoms with Crippen LogP contribution in [0.2, 0.25) is 0 Å². The van der Waals surface area contributed by atoms with E-state index in [1.54, 1.807) is 12.1 Å². The summed E-state index contributed by atoms with van der Waals surface area (Å²) in [5.41, 5.74) is -0.672. The lowest BCUT2D eigenvalue weighted by atomic mass is 9.76. The van der Waals surface area contributed by atoms with Crippen molar-refractivity contribution in [3.05, 3.63) is 29.3 Å². The van der Waals surface area contributed by atoms with Crippen LogP contribution in [0.25, 0.3) is 0 Å². The van der Waals surface area contributed by atoms with Crippen molar-refractivity contribution < 1.29 is 24.5 Å². The highest BCUT2D eigenvalue weighted by atomic mass is 16.5. The molecule has 102 valence electrons. The zero-order valence-corrected chi connectivity index (χ0v) is 10.7. The number of carboxylic acids is 2. The summed E-state index contributed by atoms with van der Waals surface area (Å²) in [4.78, 5) is 23.0. The van der Waals surface area contributed by atoms with E-state index in [0.29, 0.717) is 24.2 Å². The summed E-state index contributed by atoms with van der Waals surface area (Å²) in [6.45, 7) is 0. The Morgan fingerprint density at radius 3 is 2.32 bits per heavy atom. The molecule has 0 unspecified atom stereocenters. The van der Waals surface area contributed by atoms with Crippen molar-refractivity contribution in [1.29, 1.82) is 0 Å². The summed E-state index contributed by atoms with van der Waals surface area (Å²) < 4.78 is 5.01. The molecular weight excluding hydrogens is 248 g/mol. The van der Waals surface area contributed by atoms with Crippen molar-refractivity contribution in [3.8, 4) is 5.75 Å². The van der Waals surface area contributed by atoms with Gasteiger partial charge in [-0.3, -0.25) is 4.79 Å². The lowest BCUT2D eigenvalue weighted by Crippen LogP contribution is -2.34. The van der Waals surface area contributed by atoms with Gasteiger partial charge in [0, 0.05) is 0 Å². The first-order valence-electron chi connectivity index (χ1n) is 6.16. The van der Waals surface area contributed by atoms with Crippen LogP contribution in [0.1, 0.15) is 41.6 Å². The Bertz CT molecular complexity index is 515. The summed E-state index contributed by atoms with van der Waals surface area (Å²) in [6.07, 6.45) is 2.57. The number of methoxy groups -OCH3 is 1. The molecule has 0 aromatic heterocycles. The van der Waals surface area contributed by atoms with Gasteiger partial charge in [-0.2, -0.15) is 0 Å². The number of benzene rings is 1. The largest absolute Gasteiger partial charge is 0.497 e. The Morgan fingerprint density at radius 2 is 1.84 bits per heavy atom. The van der Waals surface area contributed by atoms with Crippen molar-refractivity contribution >= 4 is 11.9 Å². The monoisotopic (exact) mass is 264 g/mol. The van der Waals surface area contributed by atoms with E-state index in [1.165, 1.54) is 13.2 Å². The van der Waals surface area contributed by atoms with Crippen LogP contribution in [0.15, 0.2) is 18.2 Å². The van der Waals surface area contributed by atoms with Crippen LogP contribution < -0.4 is 4.74 Å². The SMILES string of the molecule is COc1ccc(C2(C(=O)O)CCCC2)c(C(=O)O)c1. The molecule has 1 aliphatic carbocycles. The molecule has 5 heteroatoms. The van der Waals surface area contributed by atoms with Crippen LogP contribution in [0.5, 0.6) is 5.75 Å². The number of carbonyl (C=O) groups is 2. The summed E-state index contributed by atoms with van der Waals surface area (Å²) in [5, 5.41) is 18.8. The smallest absolute Gasteiger partial charge is 0.336 e. The van der Waals surface area contributed by atoms with E-state index < -0.39 is 17.4 Å². The van der Waals surface area contributed by atoms with Gasteiger partial charge in [0.2, 0.25) is 0 Å². The summed E-state index contributed by atoms with van der Waals surface area (Å²) in [5.74, 6) is -1.65. The highest BCUT2D eigenvalue weighted by molar-refractivity contribution is 5.94. The summed E-state index contributed by atoms with van der Waals surface area (Å²) in [7, 11) is 1.45. The highest BCUT2D eigenvalue weighted by Crippen LogP contribution is 2.43. The third-order valence-corrected chi connectivity index (χ3v) is 3.84. The fourth-order valence-electron chi connectivity index (χ4n) is 2.82. The zero-order valence-electron chi connectivity index (χ0n) is 10.7. The molecule has 19 heavy (non-hydrogen) atoms. The van der Waals surface area contributed by atoms with Gasteiger partial charge < -0.3 is 14.9 Å². The van der Waals surface area contributed by atoms with Crippen molar-refractivity contribution in [2.75, 3.05) is 7.11 Å². The molecule has 0 atom stereocenters. The van der Waals surface area contributed by atoms with E-state index >= 15 is 0 Å². The maximum Gasteiger partial charge on any atom is 0.336 e. The van der Waals surface area contributed by atoms with Crippen molar-refractivity contribution in [2.24, 2.45) is 0 Å². The molecule has 0 saturated heterocycles. The minimum atomic E-state index is -1.12. The Labute approximate surface area is 110 Å². The third kappa shape index (κ3) is 2.16. The van der Waals surface area contributed by atoms with E-state index in [-0.39, 0.29) is 5.56 Å². The average molecular weight is 264 g/mol. The van der Waals surface area contributed by atoms with Gasteiger partial charge in [0.25, 0.3) is 0 Å². The molecule has 1 aromatic carbocycles. The Hall–Kier alpha value is -2.04. The second-order valence-electron chi connectivity index (χ2n) is 4.81. The van der Waals surface area contributed by atoms with Crippen molar-refractivity contribution in [2.45, 2.75) is 31.1 Å².